The molecule has 158 valence electrons. The molecule has 0 unspecified atom stereocenters. The second-order valence-electron chi connectivity index (χ2n) is 8.36. The Kier molecular flexibility index (Phi) is 7.66. The molecule has 2 aliphatic carbocycles. The van der Waals surface area contributed by atoms with Crippen LogP contribution in [0.25, 0.3) is 0 Å². The van der Waals surface area contributed by atoms with Crippen LogP contribution in [0.15, 0.2) is 22.7 Å². The number of thioether (sulfide) groups is 1. The van der Waals surface area contributed by atoms with Crippen molar-refractivity contribution in [2.75, 3.05) is 5.75 Å². The second-order valence-corrected chi connectivity index (χ2v) is 10.3. The van der Waals surface area contributed by atoms with Crippen LogP contribution in [0, 0.1) is 0 Å². The van der Waals surface area contributed by atoms with Crippen LogP contribution in [0.1, 0.15) is 87.4 Å². The third kappa shape index (κ3) is 5.85. The number of rotatable bonds is 7. The molecule has 1 amide bonds. The van der Waals surface area contributed by atoms with Crippen LogP contribution in [0.4, 0.5) is 0 Å². The first-order valence-electron chi connectivity index (χ1n) is 11.2. The van der Waals surface area contributed by atoms with Gasteiger partial charge in [-0.2, -0.15) is 0 Å². The van der Waals surface area contributed by atoms with Gasteiger partial charge in [0.05, 0.1) is 5.75 Å². The van der Waals surface area contributed by atoms with E-state index in [0.717, 1.165) is 30.2 Å². The monoisotopic (exact) mass is 432 g/mol. The molecular formula is C22H32N4OS2. The summed E-state index contributed by atoms with van der Waals surface area (Å²) in [4.78, 5) is 13.9. The number of hydrogen-bond acceptors (Lipinski definition) is 5. The summed E-state index contributed by atoms with van der Waals surface area (Å²) in [6.45, 7) is 0. The van der Waals surface area contributed by atoms with Gasteiger partial charge < -0.3 is 9.88 Å². The molecule has 2 aliphatic rings. The van der Waals surface area contributed by atoms with Crippen LogP contribution in [0.5, 0.6) is 0 Å². The lowest BCUT2D eigenvalue weighted by Gasteiger charge is -2.25. The quantitative estimate of drug-likeness (QED) is 0.472. The maximum absolute atomic E-state index is 12.6. The summed E-state index contributed by atoms with van der Waals surface area (Å²) in [6, 6.07) is 5.09. The summed E-state index contributed by atoms with van der Waals surface area (Å²) in [5.74, 6) is 1.62. The average Bonchev–Trinajstić information content (AvgIpc) is 3.32. The second kappa shape index (κ2) is 10.6. The predicted octanol–water partition coefficient (Wildman–Crippen LogP) is 5.37. The van der Waals surface area contributed by atoms with Gasteiger partial charge in [0.25, 0.3) is 0 Å². The van der Waals surface area contributed by atoms with E-state index in [4.69, 9.17) is 0 Å². The van der Waals surface area contributed by atoms with Gasteiger partial charge in [0.2, 0.25) is 5.91 Å². The van der Waals surface area contributed by atoms with Crippen molar-refractivity contribution in [2.24, 2.45) is 0 Å². The summed E-state index contributed by atoms with van der Waals surface area (Å²) in [7, 11) is 0. The van der Waals surface area contributed by atoms with Crippen molar-refractivity contribution in [3.63, 3.8) is 0 Å². The van der Waals surface area contributed by atoms with Gasteiger partial charge in [0.1, 0.15) is 5.82 Å². The zero-order chi connectivity index (χ0) is 19.9. The lowest BCUT2D eigenvalue weighted by Crippen LogP contribution is -2.35. The first-order chi connectivity index (χ1) is 14.3. The van der Waals surface area contributed by atoms with E-state index < -0.39 is 0 Å². The third-order valence-corrected chi connectivity index (χ3v) is 7.96. The molecular weight excluding hydrogens is 400 g/mol. The SMILES string of the molecule is O=C(CSc1nnc(Cc2cccs2)n1C1CCCCC1)NC1CCCCCC1. The fourth-order valence-electron chi connectivity index (χ4n) is 4.62. The minimum atomic E-state index is 0.139. The fourth-order valence-corrected chi connectivity index (χ4v) is 6.16. The van der Waals surface area contributed by atoms with Crippen LogP contribution in [0.3, 0.4) is 0 Å². The topological polar surface area (TPSA) is 59.8 Å². The average molecular weight is 433 g/mol. The molecule has 4 rings (SSSR count). The van der Waals surface area contributed by atoms with E-state index in [1.807, 2.05) is 0 Å². The lowest BCUT2D eigenvalue weighted by atomic mass is 9.95. The molecule has 0 radical (unpaired) electrons. The van der Waals surface area contributed by atoms with Crippen molar-refractivity contribution in [3.05, 3.63) is 28.2 Å². The van der Waals surface area contributed by atoms with Crippen LogP contribution < -0.4 is 5.32 Å². The molecule has 0 spiro atoms. The molecule has 2 fully saturated rings. The zero-order valence-corrected chi connectivity index (χ0v) is 18.8. The van der Waals surface area contributed by atoms with Gasteiger partial charge in [-0.25, -0.2) is 0 Å². The summed E-state index contributed by atoms with van der Waals surface area (Å²) in [5.41, 5.74) is 0. The van der Waals surface area contributed by atoms with E-state index in [0.29, 0.717) is 17.8 Å². The Morgan fingerprint density at radius 3 is 2.52 bits per heavy atom. The van der Waals surface area contributed by atoms with Crippen molar-refractivity contribution < 1.29 is 4.79 Å². The van der Waals surface area contributed by atoms with Gasteiger partial charge in [0.15, 0.2) is 5.16 Å². The highest BCUT2D eigenvalue weighted by Crippen LogP contribution is 2.33. The predicted molar refractivity (Wildman–Crippen MR) is 120 cm³/mol. The Hall–Kier alpha value is -1.34. The fraction of sp³-hybridized carbons (Fsp3) is 0.682. The van der Waals surface area contributed by atoms with E-state index in [1.54, 1.807) is 23.1 Å². The molecule has 5 nitrogen and oxygen atoms in total. The first-order valence-corrected chi connectivity index (χ1v) is 13.0. The number of nitrogens with one attached hydrogen (secondary N) is 1. The summed E-state index contributed by atoms with van der Waals surface area (Å²) in [6.07, 6.45) is 14.4. The number of carbonyl (C=O) groups excluding carboxylic acids is 1. The smallest absolute Gasteiger partial charge is 0.230 e. The standard InChI is InChI=1S/C22H32N4OS2/c27-21(23-17-9-4-1-2-5-10-17)16-29-22-25-24-20(15-19-13-8-14-28-19)26(22)18-11-6-3-7-12-18/h8,13-14,17-18H,1-7,9-12,15-16H2,(H,23,27). The van der Waals surface area contributed by atoms with Crippen molar-refractivity contribution in [1.82, 2.24) is 20.1 Å². The number of carbonyl (C=O) groups is 1. The van der Waals surface area contributed by atoms with E-state index in [1.165, 1.54) is 62.7 Å². The molecule has 2 aromatic rings. The highest BCUT2D eigenvalue weighted by molar-refractivity contribution is 7.99. The molecule has 0 bridgehead atoms. The van der Waals surface area contributed by atoms with Crippen molar-refractivity contribution in [2.45, 2.75) is 94.3 Å². The molecule has 0 saturated heterocycles. The Balaban J connectivity index is 1.41. The van der Waals surface area contributed by atoms with Crippen LogP contribution in [0.2, 0.25) is 0 Å². The van der Waals surface area contributed by atoms with Crippen molar-refractivity contribution in [3.8, 4) is 0 Å². The van der Waals surface area contributed by atoms with Gasteiger partial charge in [-0.15, -0.1) is 21.5 Å². The van der Waals surface area contributed by atoms with Crippen molar-refractivity contribution in [1.29, 1.82) is 0 Å². The minimum Gasteiger partial charge on any atom is -0.353 e. The third-order valence-electron chi connectivity index (χ3n) is 6.14. The molecule has 7 heteroatoms. The van der Waals surface area contributed by atoms with E-state index in [2.05, 4.69) is 37.6 Å². The van der Waals surface area contributed by atoms with E-state index in [-0.39, 0.29) is 5.91 Å². The van der Waals surface area contributed by atoms with Gasteiger partial charge >= 0.3 is 0 Å². The Morgan fingerprint density at radius 2 is 1.79 bits per heavy atom. The zero-order valence-electron chi connectivity index (χ0n) is 17.1. The Bertz CT molecular complexity index is 760. The van der Waals surface area contributed by atoms with Gasteiger partial charge in [-0.05, 0) is 37.1 Å². The number of thiophene rings is 1. The molecule has 0 aliphatic heterocycles. The van der Waals surface area contributed by atoms with Gasteiger partial charge in [-0.1, -0.05) is 62.8 Å². The molecule has 0 aromatic carbocycles. The molecule has 29 heavy (non-hydrogen) atoms. The number of nitrogens with zero attached hydrogens (tertiary/aromatic N) is 3. The normalized spacial score (nSPS) is 19.2. The van der Waals surface area contributed by atoms with Crippen LogP contribution in [-0.4, -0.2) is 32.5 Å². The summed E-state index contributed by atoms with van der Waals surface area (Å²) < 4.78 is 2.35. The molecule has 0 atom stereocenters. The van der Waals surface area contributed by atoms with Gasteiger partial charge in [0, 0.05) is 23.4 Å². The molecule has 2 aromatic heterocycles. The van der Waals surface area contributed by atoms with Crippen LogP contribution >= 0.6 is 23.1 Å². The number of aromatic nitrogens is 3. The maximum Gasteiger partial charge on any atom is 0.230 e. The highest BCUT2D eigenvalue weighted by Gasteiger charge is 2.24. The van der Waals surface area contributed by atoms with E-state index in [9.17, 15) is 4.79 Å². The van der Waals surface area contributed by atoms with Crippen LogP contribution in [-0.2, 0) is 11.2 Å². The number of hydrogen-bond donors (Lipinski definition) is 1. The Labute approximate surface area is 182 Å². The number of amides is 1. The maximum atomic E-state index is 12.6. The van der Waals surface area contributed by atoms with E-state index >= 15 is 0 Å². The lowest BCUT2D eigenvalue weighted by molar-refractivity contribution is -0.119. The molecule has 2 saturated carbocycles. The van der Waals surface area contributed by atoms with Crippen molar-refractivity contribution >= 4 is 29.0 Å². The van der Waals surface area contributed by atoms with Gasteiger partial charge in [-0.3, -0.25) is 4.79 Å². The first kappa shape index (κ1) is 20.9. The molecule has 1 N–H and O–H groups in total. The molecule has 2 heterocycles. The largest absolute Gasteiger partial charge is 0.353 e. The highest BCUT2D eigenvalue weighted by atomic mass is 32.2. The Morgan fingerprint density at radius 1 is 1.07 bits per heavy atom. The summed E-state index contributed by atoms with van der Waals surface area (Å²) >= 11 is 3.33. The minimum absolute atomic E-state index is 0.139. The summed E-state index contributed by atoms with van der Waals surface area (Å²) in [5, 5.41) is 15.3.